The predicted octanol–water partition coefficient (Wildman–Crippen LogP) is -1.33. The quantitative estimate of drug-likeness (QED) is 0.0645. The van der Waals surface area contributed by atoms with Crippen molar-refractivity contribution in [3.05, 3.63) is 35.9 Å². The van der Waals surface area contributed by atoms with E-state index in [9.17, 15) is 29.1 Å². The highest BCUT2D eigenvalue weighted by atomic mass is 16.4. The van der Waals surface area contributed by atoms with Crippen LogP contribution in [-0.2, 0) is 30.4 Å². The van der Waals surface area contributed by atoms with Crippen molar-refractivity contribution in [3.63, 3.8) is 0 Å². The lowest BCUT2D eigenvalue weighted by Crippen LogP contribution is -2.58. The first kappa shape index (κ1) is 32.8. The minimum Gasteiger partial charge on any atom is -0.481 e. The molecule has 0 aliphatic rings. The van der Waals surface area contributed by atoms with Crippen LogP contribution < -0.4 is 33.2 Å². The molecular formula is C25H39N7O7. The fraction of sp³-hybridized carbons (Fsp3) is 0.520. The molecule has 39 heavy (non-hydrogen) atoms. The average molecular weight is 550 g/mol. The van der Waals surface area contributed by atoms with E-state index in [0.717, 1.165) is 0 Å². The summed E-state index contributed by atoms with van der Waals surface area (Å²) in [5.41, 5.74) is 17.2. The number of aliphatic carboxylic acids is 2. The maximum atomic E-state index is 13.2. The number of nitrogens with one attached hydrogen (secondary N) is 3. The number of carbonyl (C=O) groups is 5. The van der Waals surface area contributed by atoms with Gasteiger partial charge in [-0.2, -0.15) is 0 Å². The maximum absolute atomic E-state index is 13.2. The standard InChI is InChI=1S/C25H39N7O7/c1-14(2)20(32-21(35)16(26)9-6-12-29-25(27)28)23(37)31-18(13-15-7-4-3-5-8-15)22(36)30-17(24(38)39)10-11-19(33)34/h3-5,7-8,14,16-18,20H,6,9-13,26H2,1-2H3,(H,30,36)(H,31,37)(H,32,35)(H,33,34)(H,38,39)(H4,27,28,29). The van der Waals surface area contributed by atoms with E-state index in [1.54, 1.807) is 44.2 Å². The molecule has 0 aliphatic carbocycles. The van der Waals surface area contributed by atoms with Gasteiger partial charge in [0.25, 0.3) is 0 Å². The van der Waals surface area contributed by atoms with Crippen LogP contribution in [0.2, 0.25) is 0 Å². The van der Waals surface area contributed by atoms with Crippen LogP contribution in [0.25, 0.3) is 0 Å². The van der Waals surface area contributed by atoms with Gasteiger partial charge in [0.15, 0.2) is 5.96 Å². The van der Waals surface area contributed by atoms with E-state index in [2.05, 4.69) is 20.9 Å². The number of carboxylic acid groups (broad SMARTS) is 2. The van der Waals surface area contributed by atoms with Gasteiger partial charge in [-0.15, -0.1) is 0 Å². The summed E-state index contributed by atoms with van der Waals surface area (Å²) in [5.74, 6) is -5.13. The van der Waals surface area contributed by atoms with Crippen molar-refractivity contribution in [1.82, 2.24) is 16.0 Å². The van der Waals surface area contributed by atoms with E-state index in [0.29, 0.717) is 12.0 Å². The molecule has 4 unspecified atom stereocenters. The number of benzene rings is 1. The van der Waals surface area contributed by atoms with Gasteiger partial charge in [0.05, 0.1) is 6.04 Å². The van der Waals surface area contributed by atoms with E-state index >= 15 is 0 Å². The molecule has 14 heteroatoms. The number of aliphatic imine (C=N–C) groups is 1. The van der Waals surface area contributed by atoms with E-state index in [1.165, 1.54) is 0 Å². The second kappa shape index (κ2) is 16.6. The van der Waals surface area contributed by atoms with Crippen LogP contribution in [0.5, 0.6) is 0 Å². The molecule has 0 saturated carbocycles. The van der Waals surface area contributed by atoms with Crippen LogP contribution in [0, 0.1) is 5.92 Å². The first-order valence-corrected chi connectivity index (χ1v) is 12.5. The lowest BCUT2D eigenvalue weighted by atomic mass is 10.00. The number of guanidine groups is 1. The molecule has 1 aromatic rings. The normalized spacial score (nSPS) is 13.8. The molecule has 0 fully saturated rings. The van der Waals surface area contributed by atoms with Gasteiger partial charge in [0.2, 0.25) is 17.7 Å². The van der Waals surface area contributed by atoms with Crippen molar-refractivity contribution in [1.29, 1.82) is 0 Å². The number of carboxylic acids is 2. The number of carbonyl (C=O) groups excluding carboxylic acids is 3. The fourth-order valence-corrected chi connectivity index (χ4v) is 3.56. The van der Waals surface area contributed by atoms with Crippen LogP contribution in [0.3, 0.4) is 0 Å². The fourth-order valence-electron chi connectivity index (χ4n) is 3.56. The van der Waals surface area contributed by atoms with Crippen molar-refractivity contribution in [2.75, 3.05) is 6.54 Å². The van der Waals surface area contributed by atoms with Crippen LogP contribution >= 0.6 is 0 Å². The minimum absolute atomic E-state index is 0.0206. The Morgan fingerprint density at radius 3 is 2.03 bits per heavy atom. The van der Waals surface area contributed by atoms with Crippen LogP contribution in [-0.4, -0.2) is 76.5 Å². The highest BCUT2D eigenvalue weighted by Crippen LogP contribution is 2.09. The second-order valence-corrected chi connectivity index (χ2v) is 9.37. The Kier molecular flexibility index (Phi) is 14.0. The highest BCUT2D eigenvalue weighted by molar-refractivity contribution is 5.94. The molecule has 14 nitrogen and oxygen atoms in total. The Labute approximate surface area is 226 Å². The Hall–Kier alpha value is -4.20. The highest BCUT2D eigenvalue weighted by Gasteiger charge is 2.32. The van der Waals surface area contributed by atoms with E-state index < -0.39 is 60.2 Å². The maximum Gasteiger partial charge on any atom is 0.326 e. The van der Waals surface area contributed by atoms with Crippen molar-refractivity contribution in [3.8, 4) is 0 Å². The number of rotatable bonds is 17. The van der Waals surface area contributed by atoms with Gasteiger partial charge in [-0.05, 0) is 30.7 Å². The van der Waals surface area contributed by atoms with Crippen molar-refractivity contribution < 1.29 is 34.2 Å². The predicted molar refractivity (Wildman–Crippen MR) is 143 cm³/mol. The van der Waals surface area contributed by atoms with Crippen molar-refractivity contribution >= 4 is 35.6 Å². The van der Waals surface area contributed by atoms with E-state index in [4.69, 9.17) is 22.3 Å². The molecule has 0 heterocycles. The van der Waals surface area contributed by atoms with Gasteiger partial charge in [-0.25, -0.2) is 4.79 Å². The molecule has 3 amide bonds. The van der Waals surface area contributed by atoms with Crippen LogP contribution in [0.1, 0.15) is 45.1 Å². The Morgan fingerprint density at radius 1 is 0.872 bits per heavy atom. The number of amides is 3. The number of nitrogens with two attached hydrogens (primary N) is 3. The van der Waals surface area contributed by atoms with Gasteiger partial charge in [0, 0.05) is 19.4 Å². The van der Waals surface area contributed by atoms with Gasteiger partial charge < -0.3 is 43.4 Å². The molecule has 216 valence electrons. The monoisotopic (exact) mass is 549 g/mol. The summed E-state index contributed by atoms with van der Waals surface area (Å²) in [7, 11) is 0. The third-order valence-corrected chi connectivity index (χ3v) is 5.73. The number of hydrogen-bond donors (Lipinski definition) is 8. The molecule has 0 aromatic heterocycles. The van der Waals surface area contributed by atoms with Gasteiger partial charge in [0.1, 0.15) is 18.1 Å². The number of hydrogen-bond acceptors (Lipinski definition) is 7. The zero-order valence-corrected chi connectivity index (χ0v) is 22.1. The Bertz CT molecular complexity index is 1010. The summed E-state index contributed by atoms with van der Waals surface area (Å²) in [6.45, 7) is 3.69. The molecule has 1 aromatic carbocycles. The molecule has 4 atom stereocenters. The molecule has 1 rings (SSSR count). The lowest BCUT2D eigenvalue weighted by Gasteiger charge is -2.27. The third kappa shape index (κ3) is 12.7. The van der Waals surface area contributed by atoms with Crippen molar-refractivity contribution in [2.24, 2.45) is 28.1 Å². The zero-order valence-electron chi connectivity index (χ0n) is 22.1. The summed E-state index contributed by atoms with van der Waals surface area (Å²) in [5, 5.41) is 25.8. The molecular weight excluding hydrogens is 510 g/mol. The molecule has 0 spiro atoms. The summed E-state index contributed by atoms with van der Waals surface area (Å²) < 4.78 is 0. The lowest BCUT2D eigenvalue weighted by molar-refractivity contribution is -0.143. The van der Waals surface area contributed by atoms with Gasteiger partial charge in [-0.3, -0.25) is 24.2 Å². The number of nitrogens with zero attached hydrogens (tertiary/aromatic N) is 1. The summed E-state index contributed by atoms with van der Waals surface area (Å²) in [4.78, 5) is 65.3. The Morgan fingerprint density at radius 2 is 1.49 bits per heavy atom. The molecule has 0 radical (unpaired) electrons. The van der Waals surface area contributed by atoms with E-state index in [1.807, 2.05) is 0 Å². The second-order valence-electron chi connectivity index (χ2n) is 9.37. The zero-order chi connectivity index (χ0) is 29.5. The van der Waals surface area contributed by atoms with Crippen LogP contribution in [0.15, 0.2) is 35.3 Å². The molecule has 0 bridgehead atoms. The van der Waals surface area contributed by atoms with Crippen LogP contribution in [0.4, 0.5) is 0 Å². The average Bonchev–Trinajstić information content (AvgIpc) is 2.86. The van der Waals surface area contributed by atoms with Gasteiger partial charge in [-0.1, -0.05) is 44.2 Å². The first-order chi connectivity index (χ1) is 18.3. The molecule has 11 N–H and O–H groups in total. The summed E-state index contributed by atoms with van der Waals surface area (Å²) in [6.07, 6.45) is -0.0838. The van der Waals surface area contributed by atoms with Gasteiger partial charge >= 0.3 is 11.9 Å². The third-order valence-electron chi connectivity index (χ3n) is 5.73. The molecule has 0 aliphatic heterocycles. The first-order valence-electron chi connectivity index (χ1n) is 12.5. The topological polar surface area (TPSA) is 252 Å². The smallest absolute Gasteiger partial charge is 0.326 e. The summed E-state index contributed by atoms with van der Waals surface area (Å²) in [6, 6.07) is 4.06. The van der Waals surface area contributed by atoms with Crippen molar-refractivity contribution in [2.45, 2.75) is 70.1 Å². The summed E-state index contributed by atoms with van der Waals surface area (Å²) >= 11 is 0. The largest absolute Gasteiger partial charge is 0.481 e. The molecule has 0 saturated heterocycles. The van der Waals surface area contributed by atoms with E-state index in [-0.39, 0.29) is 37.7 Å². The SMILES string of the molecule is CC(C)C(NC(=O)C(N)CCCN=C(N)N)C(=O)NC(Cc1ccccc1)C(=O)NC(CCC(=O)O)C(=O)O. The Balaban J connectivity index is 3.01. The minimum atomic E-state index is -1.47.